The summed E-state index contributed by atoms with van der Waals surface area (Å²) in [6, 6.07) is 12.2. The average Bonchev–Trinajstić information content (AvgIpc) is 2.42. The number of benzene rings is 2. The molecule has 19 heavy (non-hydrogen) atoms. The molecule has 0 saturated heterocycles. The molecule has 0 atom stereocenters. The van der Waals surface area contributed by atoms with E-state index in [4.69, 9.17) is 4.74 Å². The van der Waals surface area contributed by atoms with Gasteiger partial charge in [-0.15, -0.1) is 0 Å². The number of hydrogen-bond acceptors (Lipinski definition) is 3. The number of hydrogen-bond donors (Lipinski definition) is 1. The molecule has 2 aromatic rings. The molecule has 0 unspecified atom stereocenters. The highest BCUT2D eigenvalue weighted by Gasteiger charge is 2.05. The third kappa shape index (κ3) is 3.47. The van der Waals surface area contributed by atoms with Crippen LogP contribution in [-0.2, 0) is 9.53 Å². The average molecular weight is 322 g/mol. The summed E-state index contributed by atoms with van der Waals surface area (Å²) < 4.78 is 5.97. The van der Waals surface area contributed by atoms with Gasteiger partial charge in [0.25, 0.3) is 0 Å². The number of rotatable bonds is 5. The minimum atomic E-state index is -0.170. The van der Waals surface area contributed by atoms with E-state index in [0.29, 0.717) is 19.6 Å². The minimum Gasteiger partial charge on any atom is -0.466 e. The molecule has 0 radical (unpaired) electrons. The second-order valence-electron chi connectivity index (χ2n) is 4.12. The molecule has 0 aliphatic heterocycles. The van der Waals surface area contributed by atoms with Crippen LogP contribution < -0.4 is 5.32 Å². The third-order valence-corrected chi connectivity index (χ3v) is 3.51. The summed E-state index contributed by atoms with van der Waals surface area (Å²) >= 11 is 3.54. The lowest BCUT2D eigenvalue weighted by Gasteiger charge is -2.10. The van der Waals surface area contributed by atoms with E-state index < -0.39 is 0 Å². The highest BCUT2D eigenvalue weighted by Crippen LogP contribution is 2.29. The Kier molecular flexibility index (Phi) is 4.80. The molecule has 0 fully saturated rings. The zero-order chi connectivity index (χ0) is 13.7. The summed E-state index contributed by atoms with van der Waals surface area (Å²) in [6.45, 7) is 2.82. The van der Waals surface area contributed by atoms with Crippen molar-refractivity contribution in [3.05, 3.63) is 40.9 Å². The fraction of sp³-hybridized carbons (Fsp3) is 0.267. The molecular weight excluding hydrogens is 306 g/mol. The van der Waals surface area contributed by atoms with Crippen LogP contribution >= 0.6 is 15.9 Å². The lowest BCUT2D eigenvalue weighted by molar-refractivity contribution is -0.142. The SMILES string of the molecule is CCOC(=O)CCNc1ccc(Br)c2ccccc12. The van der Waals surface area contributed by atoms with Crippen LogP contribution in [0.4, 0.5) is 5.69 Å². The van der Waals surface area contributed by atoms with Crippen molar-refractivity contribution in [2.45, 2.75) is 13.3 Å². The van der Waals surface area contributed by atoms with Crippen molar-refractivity contribution in [1.82, 2.24) is 0 Å². The van der Waals surface area contributed by atoms with E-state index in [-0.39, 0.29) is 5.97 Å². The summed E-state index contributed by atoms with van der Waals surface area (Å²) in [5.74, 6) is -0.170. The summed E-state index contributed by atoms with van der Waals surface area (Å²) in [5, 5.41) is 5.58. The Morgan fingerprint density at radius 1 is 1.21 bits per heavy atom. The molecule has 100 valence electrons. The Morgan fingerprint density at radius 3 is 2.68 bits per heavy atom. The lowest BCUT2D eigenvalue weighted by atomic mass is 10.1. The van der Waals surface area contributed by atoms with E-state index in [1.807, 2.05) is 31.2 Å². The van der Waals surface area contributed by atoms with E-state index in [1.165, 1.54) is 0 Å². The van der Waals surface area contributed by atoms with Crippen LogP contribution in [0.25, 0.3) is 10.8 Å². The molecule has 1 N–H and O–H groups in total. The van der Waals surface area contributed by atoms with Gasteiger partial charge in [-0.25, -0.2) is 0 Å². The summed E-state index contributed by atoms with van der Waals surface area (Å²) in [7, 11) is 0. The van der Waals surface area contributed by atoms with Crippen molar-refractivity contribution in [3.63, 3.8) is 0 Å². The van der Waals surface area contributed by atoms with Gasteiger partial charge in [-0.1, -0.05) is 40.2 Å². The van der Waals surface area contributed by atoms with Gasteiger partial charge in [0.1, 0.15) is 0 Å². The molecule has 0 saturated carbocycles. The predicted molar refractivity (Wildman–Crippen MR) is 81.4 cm³/mol. The van der Waals surface area contributed by atoms with Crippen molar-refractivity contribution in [2.24, 2.45) is 0 Å². The Labute approximate surface area is 121 Å². The van der Waals surface area contributed by atoms with Crippen LogP contribution in [0.2, 0.25) is 0 Å². The Hall–Kier alpha value is -1.55. The number of ether oxygens (including phenoxy) is 1. The molecule has 0 aromatic heterocycles. The van der Waals surface area contributed by atoms with Crippen LogP contribution in [0.5, 0.6) is 0 Å². The number of esters is 1. The van der Waals surface area contributed by atoms with Crippen molar-refractivity contribution in [3.8, 4) is 0 Å². The van der Waals surface area contributed by atoms with Crippen molar-refractivity contribution in [1.29, 1.82) is 0 Å². The van der Waals surface area contributed by atoms with Gasteiger partial charge in [0.15, 0.2) is 0 Å². The molecule has 0 amide bonds. The number of carbonyl (C=O) groups is 1. The van der Waals surface area contributed by atoms with Crippen LogP contribution in [0.1, 0.15) is 13.3 Å². The molecule has 3 nitrogen and oxygen atoms in total. The van der Waals surface area contributed by atoms with E-state index in [2.05, 4.69) is 33.4 Å². The molecule has 0 bridgehead atoms. The first kappa shape index (κ1) is 13.9. The minimum absolute atomic E-state index is 0.170. The second-order valence-corrected chi connectivity index (χ2v) is 4.98. The molecule has 0 aliphatic carbocycles. The lowest BCUT2D eigenvalue weighted by Crippen LogP contribution is -2.11. The van der Waals surface area contributed by atoms with E-state index >= 15 is 0 Å². The monoisotopic (exact) mass is 321 g/mol. The Bertz CT molecular complexity index is 583. The topological polar surface area (TPSA) is 38.3 Å². The van der Waals surface area contributed by atoms with Gasteiger partial charge in [-0.05, 0) is 24.4 Å². The van der Waals surface area contributed by atoms with Gasteiger partial charge in [0.2, 0.25) is 0 Å². The smallest absolute Gasteiger partial charge is 0.307 e. The first-order valence-electron chi connectivity index (χ1n) is 6.29. The number of fused-ring (bicyclic) bond motifs is 1. The molecule has 4 heteroatoms. The molecular formula is C15H16BrNO2. The second kappa shape index (κ2) is 6.57. The number of halogens is 1. The van der Waals surface area contributed by atoms with Crippen LogP contribution in [0.3, 0.4) is 0 Å². The number of carbonyl (C=O) groups excluding carboxylic acids is 1. The molecule has 2 aromatic carbocycles. The molecule has 0 heterocycles. The molecule has 0 spiro atoms. The van der Waals surface area contributed by atoms with Gasteiger partial charge in [-0.2, -0.15) is 0 Å². The van der Waals surface area contributed by atoms with Crippen molar-refractivity contribution < 1.29 is 9.53 Å². The van der Waals surface area contributed by atoms with Crippen molar-refractivity contribution >= 4 is 38.4 Å². The fourth-order valence-corrected chi connectivity index (χ4v) is 2.43. The van der Waals surface area contributed by atoms with Gasteiger partial charge < -0.3 is 10.1 Å². The predicted octanol–water partition coefficient (Wildman–Crippen LogP) is 3.97. The van der Waals surface area contributed by atoms with Crippen LogP contribution in [0.15, 0.2) is 40.9 Å². The van der Waals surface area contributed by atoms with Gasteiger partial charge in [-0.3, -0.25) is 4.79 Å². The normalized spacial score (nSPS) is 10.4. The highest BCUT2D eigenvalue weighted by molar-refractivity contribution is 9.10. The maximum absolute atomic E-state index is 11.3. The maximum Gasteiger partial charge on any atom is 0.307 e. The zero-order valence-electron chi connectivity index (χ0n) is 10.8. The van der Waals surface area contributed by atoms with E-state index in [1.54, 1.807) is 0 Å². The van der Waals surface area contributed by atoms with Crippen LogP contribution in [-0.4, -0.2) is 19.1 Å². The first-order valence-corrected chi connectivity index (χ1v) is 7.08. The zero-order valence-corrected chi connectivity index (χ0v) is 12.4. The maximum atomic E-state index is 11.3. The third-order valence-electron chi connectivity index (χ3n) is 2.82. The first-order chi connectivity index (χ1) is 9.22. The highest BCUT2D eigenvalue weighted by atomic mass is 79.9. The van der Waals surface area contributed by atoms with E-state index in [0.717, 1.165) is 20.9 Å². The van der Waals surface area contributed by atoms with Gasteiger partial charge >= 0.3 is 5.97 Å². The summed E-state index contributed by atoms with van der Waals surface area (Å²) in [6.07, 6.45) is 0.373. The molecule has 2 rings (SSSR count). The standard InChI is InChI=1S/C15H16BrNO2/c1-2-19-15(18)9-10-17-14-8-7-13(16)11-5-3-4-6-12(11)14/h3-8,17H,2,9-10H2,1H3. The fourth-order valence-electron chi connectivity index (χ4n) is 1.95. The summed E-state index contributed by atoms with van der Waals surface area (Å²) in [5.41, 5.74) is 1.03. The number of nitrogens with one attached hydrogen (secondary N) is 1. The van der Waals surface area contributed by atoms with E-state index in [9.17, 15) is 4.79 Å². The Balaban J connectivity index is 2.09. The molecule has 0 aliphatic rings. The van der Waals surface area contributed by atoms with Crippen molar-refractivity contribution in [2.75, 3.05) is 18.5 Å². The largest absolute Gasteiger partial charge is 0.466 e. The Morgan fingerprint density at radius 2 is 1.95 bits per heavy atom. The van der Waals surface area contributed by atoms with Gasteiger partial charge in [0.05, 0.1) is 13.0 Å². The van der Waals surface area contributed by atoms with Gasteiger partial charge in [0, 0.05) is 22.1 Å². The summed E-state index contributed by atoms with van der Waals surface area (Å²) in [4.78, 5) is 11.3. The quantitative estimate of drug-likeness (QED) is 0.847. The number of anilines is 1. The van der Waals surface area contributed by atoms with Crippen LogP contribution in [0, 0.1) is 0 Å².